The maximum Gasteiger partial charge on any atom is 0.236 e. The van der Waals surface area contributed by atoms with Gasteiger partial charge in [-0.05, 0) is 26.2 Å². The summed E-state index contributed by atoms with van der Waals surface area (Å²) in [5.74, 6) is -0.311. The highest BCUT2D eigenvalue weighted by molar-refractivity contribution is 6.06. The standard InChI is InChI=1S/C12H17NO3/c1-3-6(2)13-11(14)9-7-4-5-8(16-7)10(9)12(13)15/h6-10H,3-5H2,1-2H3/t6?,7-,8+,9+,10-. The number of amides is 2. The first-order chi connectivity index (χ1) is 7.65. The second-order valence-electron chi connectivity index (χ2n) is 5.15. The molecule has 3 aliphatic rings. The molecule has 0 aromatic heterocycles. The Labute approximate surface area is 94.9 Å². The molecule has 1 unspecified atom stereocenters. The molecule has 4 nitrogen and oxygen atoms in total. The summed E-state index contributed by atoms with van der Waals surface area (Å²) in [5.41, 5.74) is 0. The van der Waals surface area contributed by atoms with Crippen molar-refractivity contribution in [2.24, 2.45) is 11.8 Å². The van der Waals surface area contributed by atoms with Crippen molar-refractivity contribution in [2.45, 2.75) is 51.4 Å². The van der Waals surface area contributed by atoms with E-state index in [1.165, 1.54) is 4.90 Å². The Kier molecular flexibility index (Phi) is 2.11. The van der Waals surface area contributed by atoms with Crippen molar-refractivity contribution in [3.63, 3.8) is 0 Å². The molecule has 0 aliphatic carbocycles. The predicted octanol–water partition coefficient (Wildman–Crippen LogP) is 0.947. The summed E-state index contributed by atoms with van der Waals surface area (Å²) in [6.45, 7) is 3.95. The fraction of sp³-hybridized carbons (Fsp3) is 0.833. The van der Waals surface area contributed by atoms with Gasteiger partial charge in [-0.15, -0.1) is 0 Å². The van der Waals surface area contributed by atoms with E-state index in [9.17, 15) is 9.59 Å². The molecule has 0 aromatic rings. The second kappa shape index (κ2) is 3.29. The van der Waals surface area contributed by atoms with Crippen LogP contribution in [0.25, 0.3) is 0 Å². The summed E-state index contributed by atoms with van der Waals surface area (Å²) < 4.78 is 5.67. The van der Waals surface area contributed by atoms with E-state index in [1.807, 2.05) is 13.8 Å². The first-order valence-electron chi connectivity index (χ1n) is 6.17. The van der Waals surface area contributed by atoms with Crippen LogP contribution in [-0.2, 0) is 14.3 Å². The molecule has 2 amide bonds. The molecule has 5 atom stereocenters. The Hall–Kier alpha value is -0.900. The van der Waals surface area contributed by atoms with Crippen molar-refractivity contribution in [3.8, 4) is 0 Å². The SMILES string of the molecule is CCC(C)N1C(=O)[C@@H]2[C@H](C1=O)[C@@H]1CC[C@H]2O1. The topological polar surface area (TPSA) is 46.6 Å². The highest BCUT2D eigenvalue weighted by atomic mass is 16.5. The summed E-state index contributed by atoms with van der Waals surface area (Å²) >= 11 is 0. The number of nitrogens with zero attached hydrogens (tertiary/aromatic N) is 1. The van der Waals surface area contributed by atoms with Crippen LogP contribution in [0.2, 0.25) is 0 Å². The Bertz CT molecular complexity index is 326. The monoisotopic (exact) mass is 223 g/mol. The van der Waals surface area contributed by atoms with Gasteiger partial charge >= 0.3 is 0 Å². The summed E-state index contributed by atoms with van der Waals surface area (Å²) in [4.78, 5) is 25.9. The molecule has 3 rings (SSSR count). The van der Waals surface area contributed by atoms with E-state index in [4.69, 9.17) is 4.74 Å². The van der Waals surface area contributed by atoms with Crippen LogP contribution in [0.1, 0.15) is 33.1 Å². The fourth-order valence-electron chi connectivity index (χ4n) is 3.35. The van der Waals surface area contributed by atoms with Gasteiger partial charge in [0, 0.05) is 6.04 Å². The first-order valence-corrected chi connectivity index (χ1v) is 6.17. The molecule has 3 aliphatic heterocycles. The first kappa shape index (κ1) is 10.3. The maximum absolute atomic E-state index is 12.2. The van der Waals surface area contributed by atoms with Crippen LogP contribution in [-0.4, -0.2) is 35.0 Å². The van der Waals surface area contributed by atoms with Gasteiger partial charge < -0.3 is 4.74 Å². The van der Waals surface area contributed by atoms with Gasteiger partial charge in [-0.3, -0.25) is 14.5 Å². The molecule has 3 fully saturated rings. The molecular weight excluding hydrogens is 206 g/mol. The smallest absolute Gasteiger partial charge is 0.236 e. The number of fused-ring (bicyclic) bond motifs is 5. The number of rotatable bonds is 2. The van der Waals surface area contributed by atoms with Crippen molar-refractivity contribution in [1.82, 2.24) is 4.90 Å². The zero-order chi connectivity index (χ0) is 11.4. The van der Waals surface area contributed by atoms with E-state index < -0.39 is 0 Å². The number of likely N-dealkylation sites (tertiary alicyclic amines) is 1. The van der Waals surface area contributed by atoms with Gasteiger partial charge in [0.1, 0.15) is 0 Å². The summed E-state index contributed by atoms with van der Waals surface area (Å²) in [6, 6.07) is 0.0324. The molecule has 0 aromatic carbocycles. The lowest BCUT2D eigenvalue weighted by atomic mass is 9.81. The average Bonchev–Trinajstić information content (AvgIpc) is 2.92. The molecule has 88 valence electrons. The van der Waals surface area contributed by atoms with Crippen LogP contribution < -0.4 is 0 Å². The molecule has 3 heterocycles. The van der Waals surface area contributed by atoms with Gasteiger partial charge in [-0.1, -0.05) is 6.92 Å². The van der Waals surface area contributed by atoms with Gasteiger partial charge in [0.15, 0.2) is 0 Å². The molecule has 16 heavy (non-hydrogen) atoms. The molecule has 0 radical (unpaired) electrons. The molecule has 2 bridgehead atoms. The third-order valence-electron chi connectivity index (χ3n) is 4.35. The average molecular weight is 223 g/mol. The number of imide groups is 1. The summed E-state index contributed by atoms with van der Waals surface area (Å²) in [7, 11) is 0. The molecular formula is C12H17NO3. The number of hydrogen-bond donors (Lipinski definition) is 0. The highest BCUT2D eigenvalue weighted by Crippen LogP contribution is 2.48. The fourth-order valence-corrected chi connectivity index (χ4v) is 3.35. The normalized spacial score (nSPS) is 43.0. The van der Waals surface area contributed by atoms with E-state index in [1.54, 1.807) is 0 Å². The quantitative estimate of drug-likeness (QED) is 0.655. The number of carbonyl (C=O) groups is 2. The van der Waals surface area contributed by atoms with Crippen molar-refractivity contribution >= 4 is 11.8 Å². The second-order valence-corrected chi connectivity index (χ2v) is 5.15. The Morgan fingerprint density at radius 3 is 2.19 bits per heavy atom. The Morgan fingerprint density at radius 2 is 1.75 bits per heavy atom. The number of hydrogen-bond acceptors (Lipinski definition) is 3. The van der Waals surface area contributed by atoms with Crippen molar-refractivity contribution in [2.75, 3.05) is 0 Å². The number of ether oxygens (including phenoxy) is 1. The minimum atomic E-state index is -0.166. The molecule has 0 spiro atoms. The van der Waals surface area contributed by atoms with Crippen LogP contribution in [0, 0.1) is 11.8 Å². The lowest BCUT2D eigenvalue weighted by molar-refractivity contribution is -0.145. The van der Waals surface area contributed by atoms with E-state index in [2.05, 4.69) is 0 Å². The minimum Gasteiger partial charge on any atom is -0.373 e. The predicted molar refractivity (Wildman–Crippen MR) is 56.5 cm³/mol. The number of carbonyl (C=O) groups excluding carboxylic acids is 2. The van der Waals surface area contributed by atoms with Gasteiger partial charge in [0.25, 0.3) is 0 Å². The van der Waals surface area contributed by atoms with E-state index in [0.29, 0.717) is 0 Å². The Morgan fingerprint density at radius 1 is 1.25 bits per heavy atom. The van der Waals surface area contributed by atoms with Gasteiger partial charge in [-0.25, -0.2) is 0 Å². The van der Waals surface area contributed by atoms with Crippen molar-refractivity contribution in [1.29, 1.82) is 0 Å². The molecule has 4 heteroatoms. The van der Waals surface area contributed by atoms with E-state index in [-0.39, 0.29) is 41.9 Å². The van der Waals surface area contributed by atoms with Crippen LogP contribution in [0.4, 0.5) is 0 Å². The molecule has 0 saturated carbocycles. The van der Waals surface area contributed by atoms with Gasteiger partial charge in [-0.2, -0.15) is 0 Å². The maximum atomic E-state index is 12.2. The van der Waals surface area contributed by atoms with E-state index in [0.717, 1.165) is 19.3 Å². The van der Waals surface area contributed by atoms with E-state index >= 15 is 0 Å². The van der Waals surface area contributed by atoms with Gasteiger partial charge in [0.2, 0.25) is 11.8 Å². The Balaban J connectivity index is 1.92. The third kappa shape index (κ3) is 1.08. The largest absolute Gasteiger partial charge is 0.373 e. The van der Waals surface area contributed by atoms with Crippen LogP contribution in [0.5, 0.6) is 0 Å². The highest BCUT2D eigenvalue weighted by Gasteiger charge is 2.62. The van der Waals surface area contributed by atoms with Crippen molar-refractivity contribution < 1.29 is 14.3 Å². The summed E-state index contributed by atoms with van der Waals surface area (Å²) in [6.07, 6.45) is 2.74. The van der Waals surface area contributed by atoms with Crippen LogP contribution in [0.3, 0.4) is 0 Å². The third-order valence-corrected chi connectivity index (χ3v) is 4.35. The van der Waals surface area contributed by atoms with Crippen LogP contribution in [0.15, 0.2) is 0 Å². The zero-order valence-corrected chi connectivity index (χ0v) is 9.68. The lowest BCUT2D eigenvalue weighted by Crippen LogP contribution is -2.40. The van der Waals surface area contributed by atoms with Crippen LogP contribution >= 0.6 is 0 Å². The lowest BCUT2D eigenvalue weighted by Gasteiger charge is -2.23. The summed E-state index contributed by atoms with van der Waals surface area (Å²) in [5, 5.41) is 0. The van der Waals surface area contributed by atoms with Gasteiger partial charge in [0.05, 0.1) is 24.0 Å². The minimum absolute atomic E-state index is 0.0107. The molecule has 0 N–H and O–H groups in total. The molecule has 3 saturated heterocycles. The van der Waals surface area contributed by atoms with Crippen molar-refractivity contribution in [3.05, 3.63) is 0 Å². The zero-order valence-electron chi connectivity index (χ0n) is 9.68.